The van der Waals surface area contributed by atoms with Gasteiger partial charge in [-0.1, -0.05) is 54.6 Å². The number of aromatic nitrogens is 2. The topological polar surface area (TPSA) is 56.1 Å². The zero-order valence-corrected chi connectivity index (χ0v) is 17.6. The van der Waals surface area contributed by atoms with Crippen molar-refractivity contribution >= 4 is 16.9 Å². The zero-order chi connectivity index (χ0) is 21.2. The van der Waals surface area contributed by atoms with Gasteiger partial charge < -0.3 is 14.6 Å². The Morgan fingerprint density at radius 1 is 1.06 bits per heavy atom. The number of pyridine rings is 1. The minimum Gasteiger partial charge on any atom is -0.481 e. The van der Waals surface area contributed by atoms with Crippen LogP contribution in [0.15, 0.2) is 66.7 Å². The Labute approximate surface area is 181 Å². The van der Waals surface area contributed by atoms with E-state index in [1.807, 2.05) is 36.4 Å². The molecule has 5 rings (SSSR count). The lowest BCUT2D eigenvalue weighted by molar-refractivity contribution is -0.120. The Hall–Kier alpha value is -3.60. The summed E-state index contributed by atoms with van der Waals surface area (Å²) in [6.07, 6.45) is 2.12. The molecular weight excluding hydrogens is 386 g/mol. The highest BCUT2D eigenvalue weighted by atomic mass is 16.5. The van der Waals surface area contributed by atoms with Crippen LogP contribution in [0.25, 0.3) is 22.3 Å². The van der Waals surface area contributed by atoms with Gasteiger partial charge in [-0.2, -0.15) is 0 Å². The van der Waals surface area contributed by atoms with Gasteiger partial charge in [0.15, 0.2) is 0 Å². The van der Waals surface area contributed by atoms with Crippen molar-refractivity contribution in [3.63, 3.8) is 0 Å². The maximum atomic E-state index is 12.4. The number of aryl methyl sites for hydroxylation is 2. The predicted molar refractivity (Wildman–Crippen MR) is 122 cm³/mol. The van der Waals surface area contributed by atoms with Crippen LogP contribution in [0.5, 0.6) is 5.88 Å². The molecule has 2 aromatic carbocycles. The van der Waals surface area contributed by atoms with Crippen molar-refractivity contribution in [3.05, 3.63) is 83.4 Å². The van der Waals surface area contributed by atoms with Gasteiger partial charge in [0, 0.05) is 30.3 Å². The molecule has 0 atom stereocenters. The van der Waals surface area contributed by atoms with E-state index in [2.05, 4.69) is 40.2 Å². The van der Waals surface area contributed by atoms with E-state index >= 15 is 0 Å². The fourth-order valence-corrected chi connectivity index (χ4v) is 4.53. The van der Waals surface area contributed by atoms with Crippen molar-refractivity contribution in [1.82, 2.24) is 14.9 Å². The van der Waals surface area contributed by atoms with Gasteiger partial charge in [-0.3, -0.25) is 4.79 Å². The second kappa shape index (κ2) is 8.26. The molecule has 3 heterocycles. The van der Waals surface area contributed by atoms with Crippen LogP contribution < -0.4 is 10.1 Å². The van der Waals surface area contributed by atoms with E-state index in [0.717, 1.165) is 29.6 Å². The summed E-state index contributed by atoms with van der Waals surface area (Å²) >= 11 is 0. The van der Waals surface area contributed by atoms with Crippen LogP contribution in [-0.2, 0) is 30.6 Å². The van der Waals surface area contributed by atoms with Crippen LogP contribution in [0.4, 0.5) is 0 Å². The van der Waals surface area contributed by atoms with Crippen molar-refractivity contribution in [1.29, 1.82) is 0 Å². The van der Waals surface area contributed by atoms with Gasteiger partial charge in [-0.15, -0.1) is 0 Å². The summed E-state index contributed by atoms with van der Waals surface area (Å²) in [7, 11) is 1.64. The first-order chi connectivity index (χ1) is 15.2. The third kappa shape index (κ3) is 3.67. The smallest absolute Gasteiger partial charge is 0.224 e. The van der Waals surface area contributed by atoms with Crippen LogP contribution in [0.1, 0.15) is 16.7 Å². The molecule has 0 bridgehead atoms. The molecular formula is C26H25N3O2. The second-order valence-corrected chi connectivity index (χ2v) is 7.87. The maximum Gasteiger partial charge on any atom is 0.224 e. The molecule has 0 fully saturated rings. The molecule has 2 aromatic heterocycles. The van der Waals surface area contributed by atoms with Gasteiger partial charge in [0.05, 0.1) is 30.3 Å². The average molecular weight is 412 g/mol. The van der Waals surface area contributed by atoms with Crippen molar-refractivity contribution in [2.75, 3.05) is 13.7 Å². The number of methoxy groups -OCH3 is 1. The molecule has 156 valence electrons. The van der Waals surface area contributed by atoms with Gasteiger partial charge in [-0.05, 0) is 30.0 Å². The summed E-state index contributed by atoms with van der Waals surface area (Å²) in [6.45, 7) is 1.50. The molecule has 0 spiro atoms. The van der Waals surface area contributed by atoms with Crippen LogP contribution in [0.3, 0.4) is 0 Å². The standard InChI is InChI=1S/C26H25N3O2/c1-31-24-12-11-22-25(28-24)21(13-15-27-23(30)17-18-7-3-2-4-8-18)26-20-10-6-5-9-19(20)14-16-29(22)26/h2-12H,13-17H2,1H3,(H,27,30). The van der Waals surface area contributed by atoms with E-state index in [1.165, 1.54) is 22.4 Å². The van der Waals surface area contributed by atoms with E-state index in [4.69, 9.17) is 9.72 Å². The lowest BCUT2D eigenvalue weighted by Gasteiger charge is -2.21. The number of fused-ring (bicyclic) bond motifs is 5. The molecule has 31 heavy (non-hydrogen) atoms. The van der Waals surface area contributed by atoms with E-state index in [9.17, 15) is 4.79 Å². The third-order valence-electron chi connectivity index (χ3n) is 5.97. The first-order valence-electron chi connectivity index (χ1n) is 10.7. The average Bonchev–Trinajstić information content (AvgIpc) is 3.13. The number of hydrogen-bond acceptors (Lipinski definition) is 3. The number of nitrogens with one attached hydrogen (secondary N) is 1. The summed E-state index contributed by atoms with van der Waals surface area (Å²) in [6, 6.07) is 22.4. The van der Waals surface area contributed by atoms with Crippen molar-refractivity contribution < 1.29 is 9.53 Å². The molecule has 1 aliphatic heterocycles. The fraction of sp³-hybridized carbons (Fsp3) is 0.231. The molecule has 0 radical (unpaired) electrons. The van der Waals surface area contributed by atoms with Crippen molar-refractivity contribution in [3.8, 4) is 17.1 Å². The van der Waals surface area contributed by atoms with E-state index in [1.54, 1.807) is 7.11 Å². The normalized spacial score (nSPS) is 12.3. The van der Waals surface area contributed by atoms with Crippen molar-refractivity contribution in [2.45, 2.75) is 25.8 Å². The van der Waals surface area contributed by atoms with Gasteiger partial charge in [0.2, 0.25) is 11.8 Å². The molecule has 4 aromatic rings. The molecule has 5 nitrogen and oxygen atoms in total. The SMILES string of the molecule is COc1ccc2c(n1)c(CCNC(=O)Cc1ccccc1)c1n2CCc2ccccc2-1. The minimum atomic E-state index is 0.0366. The molecule has 0 saturated carbocycles. The Morgan fingerprint density at radius 2 is 1.87 bits per heavy atom. The van der Waals surface area contributed by atoms with Crippen LogP contribution in [0, 0.1) is 0 Å². The Balaban J connectivity index is 1.45. The first kappa shape index (κ1) is 19.4. The summed E-state index contributed by atoms with van der Waals surface area (Å²) in [5, 5.41) is 3.09. The number of nitrogens with zero attached hydrogens (tertiary/aromatic N) is 2. The summed E-state index contributed by atoms with van der Waals surface area (Å²) < 4.78 is 7.76. The third-order valence-corrected chi connectivity index (χ3v) is 5.97. The predicted octanol–water partition coefficient (Wildman–Crippen LogP) is 4.17. The molecule has 1 N–H and O–H groups in total. The Morgan fingerprint density at radius 3 is 2.71 bits per heavy atom. The summed E-state index contributed by atoms with van der Waals surface area (Å²) in [5.74, 6) is 0.646. The number of benzene rings is 2. The largest absolute Gasteiger partial charge is 0.481 e. The fourth-order valence-electron chi connectivity index (χ4n) is 4.53. The maximum absolute atomic E-state index is 12.4. The number of hydrogen-bond donors (Lipinski definition) is 1. The number of carbonyl (C=O) groups is 1. The molecule has 0 aliphatic carbocycles. The van der Waals surface area contributed by atoms with Gasteiger partial charge >= 0.3 is 0 Å². The van der Waals surface area contributed by atoms with Crippen molar-refractivity contribution in [2.24, 2.45) is 0 Å². The highest BCUT2D eigenvalue weighted by molar-refractivity contribution is 5.91. The van der Waals surface area contributed by atoms with Gasteiger partial charge in [0.25, 0.3) is 0 Å². The van der Waals surface area contributed by atoms with Crippen LogP contribution in [0.2, 0.25) is 0 Å². The quantitative estimate of drug-likeness (QED) is 0.518. The Kier molecular flexibility index (Phi) is 5.16. The number of carbonyl (C=O) groups excluding carboxylic acids is 1. The Bertz CT molecular complexity index is 1240. The monoisotopic (exact) mass is 411 g/mol. The second-order valence-electron chi connectivity index (χ2n) is 7.87. The molecule has 0 unspecified atom stereocenters. The summed E-state index contributed by atoms with van der Waals surface area (Å²) in [4.78, 5) is 17.2. The number of ether oxygens (including phenoxy) is 1. The van der Waals surface area contributed by atoms with Crippen LogP contribution >= 0.6 is 0 Å². The highest BCUT2D eigenvalue weighted by Gasteiger charge is 2.24. The van der Waals surface area contributed by atoms with Gasteiger partial charge in [0.1, 0.15) is 0 Å². The van der Waals surface area contributed by atoms with Gasteiger partial charge in [-0.25, -0.2) is 4.98 Å². The minimum absolute atomic E-state index is 0.0366. The lowest BCUT2D eigenvalue weighted by Crippen LogP contribution is -2.27. The summed E-state index contributed by atoms with van der Waals surface area (Å²) in [5.41, 5.74) is 8.11. The zero-order valence-electron chi connectivity index (χ0n) is 17.6. The van der Waals surface area contributed by atoms with E-state index in [-0.39, 0.29) is 5.91 Å². The van der Waals surface area contributed by atoms with E-state index < -0.39 is 0 Å². The van der Waals surface area contributed by atoms with Crippen LogP contribution in [-0.4, -0.2) is 29.1 Å². The molecule has 1 aliphatic rings. The molecule has 5 heteroatoms. The first-order valence-corrected chi connectivity index (χ1v) is 10.7. The highest BCUT2D eigenvalue weighted by Crippen LogP contribution is 2.39. The van der Waals surface area contributed by atoms with E-state index in [0.29, 0.717) is 25.3 Å². The lowest BCUT2D eigenvalue weighted by atomic mass is 9.95. The number of rotatable bonds is 6. The number of amides is 1. The molecule has 1 amide bonds. The molecule has 0 saturated heterocycles.